The van der Waals surface area contributed by atoms with E-state index in [1.165, 1.54) is 12.1 Å². The number of hydrogen-bond donors (Lipinski definition) is 1. The van der Waals surface area contributed by atoms with Crippen LogP contribution in [0.2, 0.25) is 0 Å². The van der Waals surface area contributed by atoms with Gasteiger partial charge in [0.15, 0.2) is 0 Å². The van der Waals surface area contributed by atoms with E-state index in [4.69, 9.17) is 5.11 Å². The summed E-state index contributed by atoms with van der Waals surface area (Å²) in [4.78, 5) is 24.6. The molecule has 2 rings (SSSR count). The number of amides is 1. The molecule has 1 heterocycles. The van der Waals surface area contributed by atoms with Crippen LogP contribution < -0.4 is 0 Å². The zero-order chi connectivity index (χ0) is 15.4. The molecule has 0 saturated carbocycles. The minimum Gasteiger partial charge on any atom is -0.481 e. The fraction of sp³-hybridized carbons (Fsp3) is 0.375. The average molecular weight is 291 g/mol. The largest absolute Gasteiger partial charge is 0.481 e. The number of likely N-dealkylation sites (tertiary alicyclic amines) is 1. The predicted octanol–water partition coefficient (Wildman–Crippen LogP) is 2.55. The molecule has 0 radical (unpaired) electrons. The summed E-state index contributed by atoms with van der Waals surface area (Å²) >= 11 is 0. The number of benzene rings is 1. The molecule has 0 spiro atoms. The Morgan fingerprint density at radius 1 is 1.29 bits per heavy atom. The molecule has 1 fully saturated rings. The molecule has 0 unspecified atom stereocenters. The van der Waals surface area contributed by atoms with Crippen molar-refractivity contribution in [2.45, 2.75) is 19.8 Å². The first kappa shape index (κ1) is 15.2. The number of carboxylic acid groups (broad SMARTS) is 1. The molecule has 1 saturated heterocycles. The summed E-state index contributed by atoms with van der Waals surface area (Å²) in [5, 5.41) is 8.93. The van der Waals surface area contributed by atoms with Crippen LogP contribution in [0.1, 0.15) is 25.3 Å². The molecule has 0 aromatic heterocycles. The van der Waals surface area contributed by atoms with E-state index in [2.05, 4.69) is 0 Å². The Labute approximate surface area is 122 Å². The molecule has 112 valence electrons. The zero-order valence-corrected chi connectivity index (χ0v) is 11.9. The monoisotopic (exact) mass is 291 g/mol. The number of carbonyl (C=O) groups excluding carboxylic acids is 1. The first-order valence-corrected chi connectivity index (χ1v) is 6.94. The molecule has 1 aromatic carbocycles. The van der Waals surface area contributed by atoms with Gasteiger partial charge in [-0.05, 0) is 31.4 Å². The number of aliphatic carboxylic acids is 1. The SMILES string of the molecule is C/C(=C/C(=O)N1CCC(C(=O)O)CC1)c1ccccc1F. The second-order valence-corrected chi connectivity index (χ2v) is 5.24. The van der Waals surface area contributed by atoms with Crippen molar-refractivity contribution >= 4 is 17.4 Å². The first-order chi connectivity index (χ1) is 9.99. The third-order valence-electron chi connectivity index (χ3n) is 3.79. The molecule has 1 amide bonds. The average Bonchev–Trinajstić information content (AvgIpc) is 2.47. The van der Waals surface area contributed by atoms with E-state index in [9.17, 15) is 14.0 Å². The van der Waals surface area contributed by atoms with E-state index in [0.29, 0.717) is 37.1 Å². The van der Waals surface area contributed by atoms with Gasteiger partial charge in [-0.25, -0.2) is 4.39 Å². The van der Waals surface area contributed by atoms with Crippen LogP contribution in [0.25, 0.3) is 5.57 Å². The van der Waals surface area contributed by atoms with E-state index in [0.717, 1.165) is 0 Å². The first-order valence-electron chi connectivity index (χ1n) is 6.94. The highest BCUT2D eigenvalue weighted by molar-refractivity contribution is 5.95. The highest BCUT2D eigenvalue weighted by Crippen LogP contribution is 2.20. The van der Waals surface area contributed by atoms with Gasteiger partial charge in [-0.1, -0.05) is 18.2 Å². The van der Waals surface area contributed by atoms with E-state index in [1.807, 2.05) is 0 Å². The van der Waals surface area contributed by atoms with Gasteiger partial charge in [0.25, 0.3) is 0 Å². The number of nitrogens with zero attached hydrogens (tertiary/aromatic N) is 1. The van der Waals surface area contributed by atoms with Gasteiger partial charge in [0.05, 0.1) is 5.92 Å². The molecular formula is C16H18FNO3. The van der Waals surface area contributed by atoms with Crippen molar-refractivity contribution in [3.63, 3.8) is 0 Å². The summed E-state index contributed by atoms with van der Waals surface area (Å²) in [7, 11) is 0. The topological polar surface area (TPSA) is 57.6 Å². The van der Waals surface area contributed by atoms with Crippen molar-refractivity contribution in [1.29, 1.82) is 0 Å². The van der Waals surface area contributed by atoms with Crippen molar-refractivity contribution in [1.82, 2.24) is 4.90 Å². The van der Waals surface area contributed by atoms with E-state index < -0.39 is 5.97 Å². The van der Waals surface area contributed by atoms with Gasteiger partial charge in [-0.2, -0.15) is 0 Å². The summed E-state index contributed by atoms with van der Waals surface area (Å²) in [5.74, 6) is -1.73. The van der Waals surface area contributed by atoms with Gasteiger partial charge < -0.3 is 10.0 Å². The maximum Gasteiger partial charge on any atom is 0.306 e. The third-order valence-corrected chi connectivity index (χ3v) is 3.79. The summed E-state index contributed by atoms with van der Waals surface area (Å²) in [5.41, 5.74) is 0.977. The Morgan fingerprint density at radius 2 is 1.90 bits per heavy atom. The molecule has 5 heteroatoms. The second-order valence-electron chi connectivity index (χ2n) is 5.24. The summed E-state index contributed by atoms with van der Waals surface area (Å²) in [6.45, 7) is 2.55. The van der Waals surface area contributed by atoms with E-state index >= 15 is 0 Å². The van der Waals surface area contributed by atoms with Gasteiger partial charge in [0.1, 0.15) is 5.82 Å². The number of carbonyl (C=O) groups is 2. The molecule has 0 bridgehead atoms. The Morgan fingerprint density at radius 3 is 2.48 bits per heavy atom. The molecular weight excluding hydrogens is 273 g/mol. The van der Waals surface area contributed by atoms with Gasteiger partial charge in [-0.15, -0.1) is 0 Å². The lowest BCUT2D eigenvalue weighted by atomic mass is 9.97. The van der Waals surface area contributed by atoms with Crippen molar-refractivity contribution in [2.24, 2.45) is 5.92 Å². The molecule has 0 atom stereocenters. The second kappa shape index (κ2) is 6.52. The predicted molar refractivity (Wildman–Crippen MR) is 77.0 cm³/mol. The highest BCUT2D eigenvalue weighted by Gasteiger charge is 2.26. The van der Waals surface area contributed by atoms with Crippen molar-refractivity contribution in [2.75, 3.05) is 13.1 Å². The number of halogens is 1. The number of allylic oxidation sites excluding steroid dienone is 1. The maximum absolute atomic E-state index is 13.6. The van der Waals surface area contributed by atoms with Crippen molar-refractivity contribution in [3.8, 4) is 0 Å². The molecule has 4 nitrogen and oxygen atoms in total. The Balaban J connectivity index is 2.03. The number of piperidine rings is 1. The quantitative estimate of drug-likeness (QED) is 0.871. The van der Waals surface area contributed by atoms with Crippen LogP contribution in [0.3, 0.4) is 0 Å². The lowest BCUT2D eigenvalue weighted by Gasteiger charge is -2.29. The van der Waals surface area contributed by atoms with Gasteiger partial charge in [0.2, 0.25) is 5.91 Å². The van der Waals surface area contributed by atoms with Crippen LogP contribution in [0.15, 0.2) is 30.3 Å². The lowest BCUT2D eigenvalue weighted by Crippen LogP contribution is -2.39. The van der Waals surface area contributed by atoms with Crippen LogP contribution in [0.5, 0.6) is 0 Å². The Kier molecular flexibility index (Phi) is 4.73. The number of carboxylic acids is 1. The highest BCUT2D eigenvalue weighted by atomic mass is 19.1. The normalized spacial score (nSPS) is 16.9. The number of rotatable bonds is 3. The third kappa shape index (κ3) is 3.68. The Hall–Kier alpha value is -2.17. The van der Waals surface area contributed by atoms with Gasteiger partial charge in [0, 0.05) is 24.7 Å². The van der Waals surface area contributed by atoms with Crippen LogP contribution in [-0.2, 0) is 9.59 Å². The van der Waals surface area contributed by atoms with Crippen LogP contribution in [0, 0.1) is 11.7 Å². The van der Waals surface area contributed by atoms with Crippen LogP contribution in [0.4, 0.5) is 4.39 Å². The van der Waals surface area contributed by atoms with Gasteiger partial charge in [-0.3, -0.25) is 9.59 Å². The fourth-order valence-electron chi connectivity index (χ4n) is 2.48. The standard InChI is InChI=1S/C16H18FNO3/c1-11(13-4-2-3-5-14(13)17)10-15(19)18-8-6-12(7-9-18)16(20)21/h2-5,10,12H,6-9H2,1H3,(H,20,21)/b11-10-. The molecule has 1 aliphatic heterocycles. The summed E-state index contributed by atoms with van der Waals surface area (Å²) in [6, 6.07) is 6.31. The summed E-state index contributed by atoms with van der Waals surface area (Å²) < 4.78 is 13.6. The van der Waals surface area contributed by atoms with E-state index in [-0.39, 0.29) is 17.6 Å². The van der Waals surface area contributed by atoms with Crippen molar-refractivity contribution in [3.05, 3.63) is 41.7 Å². The fourth-order valence-corrected chi connectivity index (χ4v) is 2.48. The maximum atomic E-state index is 13.6. The minimum atomic E-state index is -0.805. The molecule has 0 aliphatic carbocycles. The zero-order valence-electron chi connectivity index (χ0n) is 11.9. The molecule has 1 aliphatic rings. The van der Waals surface area contributed by atoms with Crippen LogP contribution in [-0.4, -0.2) is 35.0 Å². The summed E-state index contributed by atoms with van der Waals surface area (Å²) in [6.07, 6.45) is 2.35. The molecule has 21 heavy (non-hydrogen) atoms. The molecule has 1 aromatic rings. The lowest BCUT2D eigenvalue weighted by molar-refractivity contribution is -0.144. The Bertz CT molecular complexity index is 575. The van der Waals surface area contributed by atoms with Crippen LogP contribution >= 0.6 is 0 Å². The van der Waals surface area contributed by atoms with Gasteiger partial charge >= 0.3 is 5.97 Å². The minimum absolute atomic E-state index is 0.195. The smallest absolute Gasteiger partial charge is 0.306 e. The van der Waals surface area contributed by atoms with Crippen molar-refractivity contribution < 1.29 is 19.1 Å². The molecule has 1 N–H and O–H groups in total. The number of hydrogen-bond acceptors (Lipinski definition) is 2. The van der Waals surface area contributed by atoms with E-state index in [1.54, 1.807) is 30.0 Å².